The van der Waals surface area contributed by atoms with Gasteiger partial charge in [-0.15, -0.1) is 11.3 Å². The van der Waals surface area contributed by atoms with Crippen LogP contribution in [-0.4, -0.2) is 10.2 Å². The molecule has 0 aliphatic heterocycles. The smallest absolute Gasteiger partial charge is 0.113 e. The van der Waals surface area contributed by atoms with Crippen molar-refractivity contribution in [2.45, 2.75) is 12.2 Å². The third kappa shape index (κ3) is 3.91. The summed E-state index contributed by atoms with van der Waals surface area (Å²) in [6.07, 6.45) is -1.30. The van der Waals surface area contributed by atoms with E-state index in [0.29, 0.717) is 0 Å². The Morgan fingerprint density at radius 2 is 1.23 bits per heavy atom. The van der Waals surface area contributed by atoms with Crippen molar-refractivity contribution in [2.75, 3.05) is 0 Å². The van der Waals surface area contributed by atoms with Crippen LogP contribution in [0.3, 0.4) is 0 Å². The van der Waals surface area contributed by atoms with Crippen molar-refractivity contribution in [3.05, 3.63) is 131 Å². The maximum absolute atomic E-state index is 10.9. The van der Waals surface area contributed by atoms with Crippen LogP contribution < -0.4 is 0 Å². The second-order valence-corrected chi connectivity index (χ2v) is 8.73. The van der Waals surface area contributed by atoms with Crippen molar-refractivity contribution in [1.82, 2.24) is 0 Å². The van der Waals surface area contributed by atoms with Crippen LogP contribution >= 0.6 is 11.3 Å². The molecular weight excluding hydrogens is 400 g/mol. The number of fused-ring (bicyclic) bond motifs is 1. The Morgan fingerprint density at radius 3 is 1.94 bits per heavy atom. The van der Waals surface area contributed by atoms with E-state index in [1.165, 1.54) is 0 Å². The molecule has 0 aliphatic rings. The molecule has 0 spiro atoms. The lowest BCUT2D eigenvalue weighted by atomic mass is 9.96. The SMILES string of the molecule is OC(c1ccccc1)c1ccc2cccc(-c3ccc(C(O)c4ccccc4)s3)c2c1. The van der Waals surface area contributed by atoms with Gasteiger partial charge in [0.05, 0.1) is 0 Å². The predicted molar refractivity (Wildman–Crippen MR) is 128 cm³/mol. The van der Waals surface area contributed by atoms with Crippen LogP contribution in [0.25, 0.3) is 21.2 Å². The number of hydrogen-bond donors (Lipinski definition) is 2. The Morgan fingerprint density at radius 1 is 0.548 bits per heavy atom. The van der Waals surface area contributed by atoms with E-state index in [1.807, 2.05) is 72.8 Å². The van der Waals surface area contributed by atoms with Gasteiger partial charge in [-0.2, -0.15) is 0 Å². The molecule has 31 heavy (non-hydrogen) atoms. The minimum Gasteiger partial charge on any atom is -0.384 e. The van der Waals surface area contributed by atoms with E-state index in [2.05, 4.69) is 36.4 Å². The number of benzene rings is 4. The van der Waals surface area contributed by atoms with Gasteiger partial charge in [-0.05, 0) is 51.2 Å². The molecule has 2 unspecified atom stereocenters. The second kappa shape index (κ2) is 8.48. The molecule has 0 fully saturated rings. The van der Waals surface area contributed by atoms with Crippen molar-refractivity contribution in [3.63, 3.8) is 0 Å². The zero-order chi connectivity index (χ0) is 21.2. The lowest BCUT2D eigenvalue weighted by Gasteiger charge is -2.14. The van der Waals surface area contributed by atoms with Gasteiger partial charge in [-0.3, -0.25) is 0 Å². The van der Waals surface area contributed by atoms with Crippen LogP contribution in [-0.2, 0) is 0 Å². The third-order valence-corrected chi connectivity index (χ3v) is 6.79. The first-order valence-electron chi connectivity index (χ1n) is 10.3. The zero-order valence-electron chi connectivity index (χ0n) is 16.8. The molecule has 0 saturated carbocycles. The molecule has 2 atom stereocenters. The monoisotopic (exact) mass is 422 g/mol. The maximum atomic E-state index is 10.9. The summed E-state index contributed by atoms with van der Waals surface area (Å²) in [5.41, 5.74) is 3.74. The van der Waals surface area contributed by atoms with E-state index in [-0.39, 0.29) is 0 Å². The summed E-state index contributed by atoms with van der Waals surface area (Å²) in [6, 6.07) is 35.9. The van der Waals surface area contributed by atoms with Gasteiger partial charge in [0.25, 0.3) is 0 Å². The molecule has 0 bridgehead atoms. The predicted octanol–water partition coefficient (Wildman–Crippen LogP) is 6.73. The number of aliphatic hydroxyl groups excluding tert-OH is 2. The summed E-state index contributed by atoms with van der Waals surface area (Å²) in [6.45, 7) is 0. The van der Waals surface area contributed by atoms with Crippen LogP contribution in [0, 0.1) is 0 Å². The Bertz CT molecular complexity index is 1310. The van der Waals surface area contributed by atoms with Crippen LogP contribution in [0.4, 0.5) is 0 Å². The minimum absolute atomic E-state index is 0.634. The highest BCUT2D eigenvalue weighted by atomic mass is 32.1. The van der Waals surface area contributed by atoms with Gasteiger partial charge in [0.1, 0.15) is 12.2 Å². The minimum atomic E-state index is -0.669. The van der Waals surface area contributed by atoms with Crippen molar-refractivity contribution < 1.29 is 10.2 Å². The highest BCUT2D eigenvalue weighted by Crippen LogP contribution is 2.38. The second-order valence-electron chi connectivity index (χ2n) is 7.61. The summed E-state index contributed by atoms with van der Waals surface area (Å²) in [7, 11) is 0. The highest BCUT2D eigenvalue weighted by molar-refractivity contribution is 7.15. The third-order valence-electron chi connectivity index (χ3n) is 5.61. The Hall–Kier alpha value is -3.24. The largest absolute Gasteiger partial charge is 0.384 e. The van der Waals surface area contributed by atoms with Crippen LogP contribution in [0.2, 0.25) is 0 Å². The van der Waals surface area contributed by atoms with Gasteiger partial charge in [0.2, 0.25) is 0 Å². The topological polar surface area (TPSA) is 40.5 Å². The molecule has 0 saturated heterocycles. The summed E-state index contributed by atoms with van der Waals surface area (Å²) < 4.78 is 0. The fourth-order valence-electron chi connectivity index (χ4n) is 3.95. The highest BCUT2D eigenvalue weighted by Gasteiger charge is 2.16. The maximum Gasteiger partial charge on any atom is 0.113 e. The van der Waals surface area contributed by atoms with Gasteiger partial charge in [0, 0.05) is 9.75 Å². The lowest BCUT2D eigenvalue weighted by Crippen LogP contribution is -1.99. The van der Waals surface area contributed by atoms with E-state index in [0.717, 1.165) is 42.8 Å². The molecular formula is C28H22O2S. The van der Waals surface area contributed by atoms with Crippen LogP contribution in [0.5, 0.6) is 0 Å². The number of thiophene rings is 1. The summed E-state index contributed by atoms with van der Waals surface area (Å²) in [5.74, 6) is 0. The van der Waals surface area contributed by atoms with E-state index < -0.39 is 12.2 Å². The molecule has 2 nitrogen and oxygen atoms in total. The molecule has 1 heterocycles. The van der Waals surface area contributed by atoms with Crippen LogP contribution in [0.15, 0.2) is 109 Å². The first kappa shape index (κ1) is 19.7. The molecule has 5 aromatic rings. The molecule has 0 radical (unpaired) electrons. The van der Waals surface area contributed by atoms with Gasteiger partial charge in [0.15, 0.2) is 0 Å². The Labute approximate surface area is 185 Å². The number of rotatable bonds is 5. The number of aliphatic hydroxyl groups is 2. The van der Waals surface area contributed by atoms with E-state index >= 15 is 0 Å². The van der Waals surface area contributed by atoms with Gasteiger partial charge < -0.3 is 10.2 Å². The normalized spacial score (nSPS) is 13.2. The van der Waals surface area contributed by atoms with Crippen molar-refractivity contribution in [1.29, 1.82) is 0 Å². The Balaban J connectivity index is 1.54. The zero-order valence-corrected chi connectivity index (χ0v) is 17.7. The van der Waals surface area contributed by atoms with Gasteiger partial charge in [-0.1, -0.05) is 91.0 Å². The molecule has 0 amide bonds. The first-order valence-corrected chi connectivity index (χ1v) is 11.1. The average molecular weight is 423 g/mol. The average Bonchev–Trinajstić information content (AvgIpc) is 3.33. The fourth-order valence-corrected chi connectivity index (χ4v) is 5.01. The Kier molecular flexibility index (Phi) is 5.39. The van der Waals surface area contributed by atoms with Crippen molar-refractivity contribution in [2.24, 2.45) is 0 Å². The fraction of sp³-hybridized carbons (Fsp3) is 0.0714. The molecule has 5 rings (SSSR count). The van der Waals surface area contributed by atoms with Gasteiger partial charge >= 0.3 is 0 Å². The number of hydrogen-bond acceptors (Lipinski definition) is 3. The molecule has 1 aromatic heterocycles. The molecule has 2 N–H and O–H groups in total. The molecule has 152 valence electrons. The summed E-state index contributed by atoms with van der Waals surface area (Å²) >= 11 is 1.60. The van der Waals surface area contributed by atoms with E-state index in [9.17, 15) is 10.2 Å². The van der Waals surface area contributed by atoms with E-state index in [4.69, 9.17) is 0 Å². The summed E-state index contributed by atoms with van der Waals surface area (Å²) in [4.78, 5) is 2.01. The molecule has 4 aromatic carbocycles. The lowest BCUT2D eigenvalue weighted by molar-refractivity contribution is 0.220. The van der Waals surface area contributed by atoms with Crippen molar-refractivity contribution in [3.8, 4) is 10.4 Å². The van der Waals surface area contributed by atoms with E-state index in [1.54, 1.807) is 11.3 Å². The first-order chi connectivity index (χ1) is 15.2. The van der Waals surface area contributed by atoms with Gasteiger partial charge in [-0.25, -0.2) is 0 Å². The standard InChI is InChI=1S/C28H22O2S/c29-27(20-8-3-1-4-9-20)22-15-14-19-12-7-13-23(24(19)18-22)25-16-17-26(31-25)28(30)21-10-5-2-6-11-21/h1-18,27-30H. The molecule has 3 heteroatoms. The molecule has 0 aliphatic carbocycles. The van der Waals surface area contributed by atoms with Crippen LogP contribution in [0.1, 0.15) is 33.8 Å². The summed E-state index contributed by atoms with van der Waals surface area (Å²) in [5, 5.41) is 23.9. The van der Waals surface area contributed by atoms with Crippen molar-refractivity contribution >= 4 is 22.1 Å². The quantitative estimate of drug-likeness (QED) is 0.330.